The van der Waals surface area contributed by atoms with E-state index >= 15 is 0 Å². The molecular formula is C9H15FN4O2S. The molecule has 6 nitrogen and oxygen atoms in total. The Labute approximate surface area is 99.9 Å². The van der Waals surface area contributed by atoms with Crippen LogP contribution in [-0.2, 0) is 10.0 Å². The topological polar surface area (TPSA) is 75.2 Å². The minimum absolute atomic E-state index is 0.0199. The number of nitrogens with zero attached hydrogens (tertiary/aromatic N) is 3. The van der Waals surface area contributed by atoms with Crippen LogP contribution < -0.4 is 5.32 Å². The van der Waals surface area contributed by atoms with E-state index in [0.29, 0.717) is 0 Å². The Morgan fingerprint density at radius 1 is 1.41 bits per heavy atom. The fraction of sp³-hybridized carbons (Fsp3) is 0.556. The third-order valence-corrected chi connectivity index (χ3v) is 4.01. The Balaban J connectivity index is 2.61. The Hall–Kier alpha value is -1.28. The zero-order valence-corrected chi connectivity index (χ0v) is 10.8. The molecule has 0 fully saturated rings. The van der Waals surface area contributed by atoms with Gasteiger partial charge < -0.3 is 5.32 Å². The number of sulfonamides is 1. The second-order valence-electron chi connectivity index (χ2n) is 3.65. The van der Waals surface area contributed by atoms with E-state index in [0.717, 1.165) is 4.31 Å². The number of hydrogen-bond donors (Lipinski definition) is 1. The van der Waals surface area contributed by atoms with E-state index in [9.17, 15) is 12.8 Å². The summed E-state index contributed by atoms with van der Waals surface area (Å²) in [6, 6.07) is 0. The first kappa shape index (κ1) is 13.8. The van der Waals surface area contributed by atoms with Crippen LogP contribution in [0.5, 0.6) is 0 Å². The van der Waals surface area contributed by atoms with Gasteiger partial charge in [-0.15, -0.1) is 0 Å². The molecule has 0 unspecified atom stereocenters. The molecule has 8 heteroatoms. The summed E-state index contributed by atoms with van der Waals surface area (Å²) in [6.45, 7) is 1.60. The number of hydrogen-bond acceptors (Lipinski definition) is 5. The first-order valence-electron chi connectivity index (χ1n) is 4.96. The van der Waals surface area contributed by atoms with Gasteiger partial charge in [0.2, 0.25) is 10.0 Å². The van der Waals surface area contributed by atoms with Gasteiger partial charge in [0, 0.05) is 20.6 Å². The summed E-state index contributed by atoms with van der Waals surface area (Å²) in [7, 11) is -0.388. The van der Waals surface area contributed by atoms with Crippen LogP contribution in [0.15, 0.2) is 6.33 Å². The highest BCUT2D eigenvalue weighted by molar-refractivity contribution is 7.89. The van der Waals surface area contributed by atoms with Crippen LogP contribution in [0.4, 0.5) is 10.2 Å². The molecule has 96 valence electrons. The van der Waals surface area contributed by atoms with E-state index in [2.05, 4.69) is 15.3 Å². The lowest BCUT2D eigenvalue weighted by Gasteiger charge is -2.12. The minimum Gasteiger partial charge on any atom is -0.366 e. The first-order chi connectivity index (χ1) is 7.84. The third kappa shape index (κ3) is 3.60. The monoisotopic (exact) mass is 262 g/mol. The predicted molar refractivity (Wildman–Crippen MR) is 62.7 cm³/mol. The van der Waals surface area contributed by atoms with Crippen LogP contribution in [0.2, 0.25) is 0 Å². The van der Waals surface area contributed by atoms with Crippen molar-refractivity contribution in [2.45, 2.75) is 6.92 Å². The maximum atomic E-state index is 13.4. The Bertz CT molecular complexity index is 490. The van der Waals surface area contributed by atoms with E-state index in [1.807, 2.05) is 0 Å². The molecule has 0 saturated heterocycles. The van der Waals surface area contributed by atoms with E-state index in [-0.39, 0.29) is 23.8 Å². The summed E-state index contributed by atoms with van der Waals surface area (Å²) < 4.78 is 37.4. The highest BCUT2D eigenvalue weighted by Crippen LogP contribution is 2.11. The summed E-state index contributed by atoms with van der Waals surface area (Å²) in [5.74, 6) is -0.663. The molecule has 0 atom stereocenters. The van der Waals surface area contributed by atoms with Gasteiger partial charge in [0.05, 0.1) is 11.4 Å². The summed E-state index contributed by atoms with van der Waals surface area (Å²) in [5, 5.41) is 2.63. The van der Waals surface area contributed by atoms with Crippen molar-refractivity contribution in [3.05, 3.63) is 17.8 Å². The summed E-state index contributed by atoms with van der Waals surface area (Å²) in [4.78, 5) is 7.37. The van der Waals surface area contributed by atoms with Gasteiger partial charge in [-0.2, -0.15) is 0 Å². The molecule has 0 aromatic carbocycles. The molecule has 0 aliphatic rings. The normalized spacial score (nSPS) is 11.8. The van der Waals surface area contributed by atoms with Crippen LogP contribution in [0.3, 0.4) is 0 Å². The van der Waals surface area contributed by atoms with E-state index < -0.39 is 15.8 Å². The fourth-order valence-electron chi connectivity index (χ4n) is 1.06. The van der Waals surface area contributed by atoms with E-state index in [4.69, 9.17) is 0 Å². The van der Waals surface area contributed by atoms with Gasteiger partial charge >= 0.3 is 0 Å². The molecule has 1 rings (SSSR count). The zero-order chi connectivity index (χ0) is 13.1. The summed E-state index contributed by atoms with van der Waals surface area (Å²) in [5.41, 5.74) is 0.220. The average Bonchev–Trinajstić information content (AvgIpc) is 2.24. The number of aryl methyl sites for hydroxylation is 1. The van der Waals surface area contributed by atoms with Crippen LogP contribution in [0.1, 0.15) is 5.69 Å². The zero-order valence-electron chi connectivity index (χ0n) is 9.94. The standard InChI is InChI=1S/C9H15FN4O2S/c1-7-8(10)9(13-6-12-7)11-4-5-17(15,16)14(2)3/h6H,4-5H2,1-3H3,(H,11,12,13). The molecule has 0 aliphatic carbocycles. The van der Waals surface area contributed by atoms with Gasteiger partial charge in [-0.1, -0.05) is 0 Å². The molecule has 17 heavy (non-hydrogen) atoms. The van der Waals surface area contributed by atoms with Crippen molar-refractivity contribution in [3.63, 3.8) is 0 Å². The van der Waals surface area contributed by atoms with Crippen LogP contribution in [-0.4, -0.2) is 49.1 Å². The maximum absolute atomic E-state index is 13.4. The SMILES string of the molecule is Cc1ncnc(NCCS(=O)(=O)N(C)C)c1F. The second kappa shape index (κ2) is 5.37. The molecule has 1 heterocycles. The number of halogens is 1. The lowest BCUT2D eigenvalue weighted by molar-refractivity contribution is 0.521. The fourth-order valence-corrected chi connectivity index (χ4v) is 1.79. The predicted octanol–water partition coefficient (Wildman–Crippen LogP) is 0.227. The Morgan fingerprint density at radius 2 is 2.06 bits per heavy atom. The van der Waals surface area contributed by atoms with Gasteiger partial charge in [0.1, 0.15) is 6.33 Å². The van der Waals surface area contributed by atoms with Gasteiger partial charge in [-0.05, 0) is 6.92 Å². The lowest BCUT2D eigenvalue weighted by Crippen LogP contribution is -2.28. The van der Waals surface area contributed by atoms with Gasteiger partial charge in [0.15, 0.2) is 11.6 Å². The van der Waals surface area contributed by atoms with Gasteiger partial charge in [-0.25, -0.2) is 27.1 Å². The lowest BCUT2D eigenvalue weighted by atomic mass is 10.4. The van der Waals surface area contributed by atoms with Crippen molar-refractivity contribution in [1.29, 1.82) is 0 Å². The number of rotatable bonds is 5. The smallest absolute Gasteiger partial charge is 0.215 e. The van der Waals surface area contributed by atoms with Gasteiger partial charge in [0.25, 0.3) is 0 Å². The van der Waals surface area contributed by atoms with Crippen LogP contribution in [0.25, 0.3) is 0 Å². The quantitative estimate of drug-likeness (QED) is 0.822. The average molecular weight is 262 g/mol. The Morgan fingerprint density at radius 3 is 2.65 bits per heavy atom. The van der Waals surface area contributed by atoms with Crippen molar-refractivity contribution in [1.82, 2.24) is 14.3 Å². The molecule has 0 spiro atoms. The maximum Gasteiger partial charge on any atom is 0.215 e. The molecular weight excluding hydrogens is 247 g/mol. The van der Waals surface area contributed by atoms with Crippen molar-refractivity contribution >= 4 is 15.8 Å². The number of nitrogens with one attached hydrogen (secondary N) is 1. The van der Waals surface area contributed by atoms with Crippen LogP contribution >= 0.6 is 0 Å². The molecule has 0 amide bonds. The van der Waals surface area contributed by atoms with Crippen molar-refractivity contribution in [3.8, 4) is 0 Å². The molecule has 1 N–H and O–H groups in total. The highest BCUT2D eigenvalue weighted by Gasteiger charge is 2.14. The van der Waals surface area contributed by atoms with E-state index in [1.165, 1.54) is 27.3 Å². The molecule has 1 aromatic heterocycles. The number of anilines is 1. The van der Waals surface area contributed by atoms with Crippen LogP contribution in [0, 0.1) is 12.7 Å². The van der Waals surface area contributed by atoms with Crippen molar-refractivity contribution in [2.24, 2.45) is 0 Å². The molecule has 0 saturated carbocycles. The molecule has 0 bridgehead atoms. The molecule has 0 aliphatic heterocycles. The Kier molecular flexibility index (Phi) is 4.35. The third-order valence-electron chi connectivity index (χ3n) is 2.17. The number of aromatic nitrogens is 2. The summed E-state index contributed by atoms with van der Waals surface area (Å²) in [6.07, 6.45) is 1.22. The second-order valence-corrected chi connectivity index (χ2v) is 5.95. The largest absolute Gasteiger partial charge is 0.366 e. The van der Waals surface area contributed by atoms with Gasteiger partial charge in [-0.3, -0.25) is 0 Å². The highest BCUT2D eigenvalue weighted by atomic mass is 32.2. The molecule has 1 aromatic rings. The van der Waals surface area contributed by atoms with E-state index in [1.54, 1.807) is 0 Å². The minimum atomic E-state index is -3.29. The van der Waals surface area contributed by atoms with Crippen molar-refractivity contribution < 1.29 is 12.8 Å². The van der Waals surface area contributed by atoms with Crippen molar-refractivity contribution in [2.75, 3.05) is 31.7 Å². The first-order valence-corrected chi connectivity index (χ1v) is 6.56. The summed E-state index contributed by atoms with van der Waals surface area (Å²) >= 11 is 0. The molecule has 0 radical (unpaired) electrons.